The van der Waals surface area contributed by atoms with E-state index in [-0.39, 0.29) is 0 Å². The molecule has 0 radical (unpaired) electrons. The van der Waals surface area contributed by atoms with Gasteiger partial charge in [-0.15, -0.1) is 0 Å². The highest BCUT2D eigenvalue weighted by atomic mass is 15.1. The van der Waals surface area contributed by atoms with Crippen molar-refractivity contribution in [1.29, 1.82) is 0 Å². The predicted molar refractivity (Wildman–Crippen MR) is 51.1 cm³/mol. The van der Waals surface area contributed by atoms with Crippen LogP contribution in [-0.4, -0.2) is 10.9 Å². The minimum atomic E-state index is 0.427. The molecule has 0 atom stereocenters. The lowest BCUT2D eigenvalue weighted by Crippen LogP contribution is -2.22. The van der Waals surface area contributed by atoms with Crippen LogP contribution in [0, 0.1) is 0 Å². The average Bonchev–Trinajstić information content (AvgIpc) is 1.88. The van der Waals surface area contributed by atoms with Gasteiger partial charge in [-0.05, 0) is 33.0 Å². The summed E-state index contributed by atoms with van der Waals surface area (Å²) in [4.78, 5) is 2.03. The largest absolute Gasteiger partial charge is 0.347 e. The van der Waals surface area contributed by atoms with E-state index in [4.69, 9.17) is 0 Å². The van der Waals surface area contributed by atoms with Crippen molar-refractivity contribution in [2.75, 3.05) is 0 Å². The lowest BCUT2D eigenvalue weighted by atomic mass is 10.3. The second kappa shape index (κ2) is 4.78. The van der Waals surface area contributed by atoms with Gasteiger partial charge >= 0.3 is 0 Å². The Bertz CT molecular complexity index is 166. The Morgan fingerprint density at radius 2 is 2.00 bits per heavy atom. The highest BCUT2D eigenvalue weighted by Crippen LogP contribution is 2.08. The molecule has 0 rings (SSSR count). The summed E-state index contributed by atoms with van der Waals surface area (Å²) < 4.78 is 0. The van der Waals surface area contributed by atoms with E-state index in [1.54, 1.807) is 6.20 Å². The van der Waals surface area contributed by atoms with Gasteiger partial charge in [-0.3, -0.25) is 0 Å². The van der Waals surface area contributed by atoms with Crippen molar-refractivity contribution < 1.29 is 0 Å². The molecule has 1 nitrogen and oxygen atoms in total. The van der Waals surface area contributed by atoms with Gasteiger partial charge in [-0.1, -0.05) is 19.2 Å². The van der Waals surface area contributed by atoms with Crippen LogP contribution in [0.2, 0.25) is 0 Å². The standard InChI is InChI=1S/C10H17N/c1-6-8-10(5)11(7-2)9(3)4/h6-9H,2,5H2,1,3-4H3/b8-6-. The normalized spacial score (nSPS) is 10.5. The van der Waals surface area contributed by atoms with E-state index >= 15 is 0 Å². The molecule has 0 fully saturated rings. The minimum absolute atomic E-state index is 0.427. The molecule has 0 amide bonds. The molecular weight excluding hydrogens is 134 g/mol. The molecule has 0 saturated carbocycles. The van der Waals surface area contributed by atoms with Crippen LogP contribution >= 0.6 is 0 Å². The fourth-order valence-electron chi connectivity index (χ4n) is 0.938. The number of nitrogens with zero attached hydrogens (tertiary/aromatic N) is 1. The van der Waals surface area contributed by atoms with Crippen LogP contribution < -0.4 is 0 Å². The number of hydrogen-bond acceptors (Lipinski definition) is 1. The monoisotopic (exact) mass is 151 g/mol. The van der Waals surface area contributed by atoms with Crippen LogP contribution in [0.1, 0.15) is 20.8 Å². The first-order valence-electron chi connectivity index (χ1n) is 3.86. The van der Waals surface area contributed by atoms with Gasteiger partial charge in [-0.2, -0.15) is 0 Å². The van der Waals surface area contributed by atoms with Gasteiger partial charge in [0.15, 0.2) is 0 Å². The minimum Gasteiger partial charge on any atom is -0.347 e. The van der Waals surface area contributed by atoms with Gasteiger partial charge in [0.05, 0.1) is 0 Å². The summed E-state index contributed by atoms with van der Waals surface area (Å²) >= 11 is 0. The summed E-state index contributed by atoms with van der Waals surface area (Å²) in [6, 6.07) is 0.427. The molecule has 11 heavy (non-hydrogen) atoms. The molecule has 0 heterocycles. The Kier molecular flexibility index (Phi) is 4.35. The summed E-state index contributed by atoms with van der Waals surface area (Å²) in [5.41, 5.74) is 0.984. The fraction of sp³-hybridized carbons (Fsp3) is 0.400. The lowest BCUT2D eigenvalue weighted by molar-refractivity contribution is 0.398. The predicted octanol–water partition coefficient (Wildman–Crippen LogP) is 2.93. The van der Waals surface area contributed by atoms with E-state index in [0.717, 1.165) is 5.70 Å². The van der Waals surface area contributed by atoms with Gasteiger partial charge in [0.2, 0.25) is 0 Å². The van der Waals surface area contributed by atoms with E-state index in [9.17, 15) is 0 Å². The summed E-state index contributed by atoms with van der Waals surface area (Å²) in [6.45, 7) is 13.8. The topological polar surface area (TPSA) is 3.24 Å². The molecular formula is C10H17N. The van der Waals surface area contributed by atoms with E-state index in [1.807, 2.05) is 24.0 Å². The first-order chi connectivity index (χ1) is 5.13. The molecule has 62 valence electrons. The molecule has 0 bridgehead atoms. The van der Waals surface area contributed by atoms with Crippen LogP contribution in [0.3, 0.4) is 0 Å². The van der Waals surface area contributed by atoms with Gasteiger partial charge in [0.1, 0.15) is 0 Å². The van der Waals surface area contributed by atoms with E-state index in [0.29, 0.717) is 6.04 Å². The Labute approximate surface area is 69.7 Å². The van der Waals surface area contributed by atoms with Crippen LogP contribution in [0.4, 0.5) is 0 Å². The highest BCUT2D eigenvalue weighted by molar-refractivity contribution is 5.15. The Hall–Kier alpha value is -0.980. The molecule has 1 heteroatoms. The van der Waals surface area contributed by atoms with Crippen molar-refractivity contribution in [3.63, 3.8) is 0 Å². The van der Waals surface area contributed by atoms with Gasteiger partial charge in [0, 0.05) is 11.7 Å². The Morgan fingerprint density at radius 3 is 2.27 bits per heavy atom. The quantitative estimate of drug-likeness (QED) is 0.558. The zero-order chi connectivity index (χ0) is 8.85. The maximum absolute atomic E-state index is 3.90. The molecule has 0 aromatic heterocycles. The maximum Gasteiger partial charge on any atom is 0.0331 e. The summed E-state index contributed by atoms with van der Waals surface area (Å²) in [7, 11) is 0. The summed E-state index contributed by atoms with van der Waals surface area (Å²) in [5.74, 6) is 0. The van der Waals surface area contributed by atoms with Crippen LogP contribution in [0.5, 0.6) is 0 Å². The van der Waals surface area contributed by atoms with Crippen LogP contribution in [0.15, 0.2) is 37.2 Å². The third kappa shape index (κ3) is 3.08. The van der Waals surface area contributed by atoms with Crippen LogP contribution in [0.25, 0.3) is 0 Å². The smallest absolute Gasteiger partial charge is 0.0331 e. The van der Waals surface area contributed by atoms with E-state index in [1.165, 1.54) is 0 Å². The second-order valence-corrected chi connectivity index (χ2v) is 2.67. The van der Waals surface area contributed by atoms with E-state index in [2.05, 4.69) is 27.0 Å². The fourth-order valence-corrected chi connectivity index (χ4v) is 0.938. The molecule has 0 N–H and O–H groups in total. The Morgan fingerprint density at radius 1 is 1.45 bits per heavy atom. The third-order valence-electron chi connectivity index (χ3n) is 1.44. The van der Waals surface area contributed by atoms with Crippen molar-refractivity contribution in [2.24, 2.45) is 0 Å². The van der Waals surface area contributed by atoms with Crippen LogP contribution in [-0.2, 0) is 0 Å². The summed E-state index contributed by atoms with van der Waals surface area (Å²) in [6.07, 6.45) is 5.75. The number of allylic oxidation sites excluding steroid dienone is 2. The zero-order valence-corrected chi connectivity index (χ0v) is 7.67. The van der Waals surface area contributed by atoms with Gasteiger partial charge in [0.25, 0.3) is 0 Å². The molecule has 0 aromatic carbocycles. The zero-order valence-electron chi connectivity index (χ0n) is 7.67. The molecule has 0 aliphatic carbocycles. The molecule has 0 aliphatic rings. The van der Waals surface area contributed by atoms with Gasteiger partial charge in [-0.25, -0.2) is 0 Å². The first-order valence-corrected chi connectivity index (χ1v) is 3.86. The molecule has 0 unspecified atom stereocenters. The molecule has 0 aromatic rings. The first kappa shape index (κ1) is 10.0. The van der Waals surface area contributed by atoms with E-state index < -0.39 is 0 Å². The number of rotatable bonds is 4. The van der Waals surface area contributed by atoms with Crippen molar-refractivity contribution in [3.05, 3.63) is 37.2 Å². The maximum atomic E-state index is 3.90. The highest BCUT2D eigenvalue weighted by Gasteiger charge is 2.03. The third-order valence-corrected chi connectivity index (χ3v) is 1.44. The van der Waals surface area contributed by atoms with Crippen molar-refractivity contribution in [3.8, 4) is 0 Å². The summed E-state index contributed by atoms with van der Waals surface area (Å²) in [5, 5.41) is 0. The molecule has 0 aliphatic heterocycles. The lowest BCUT2D eigenvalue weighted by Gasteiger charge is -2.24. The number of hydrogen-bond donors (Lipinski definition) is 0. The average molecular weight is 151 g/mol. The van der Waals surface area contributed by atoms with Crippen molar-refractivity contribution in [2.45, 2.75) is 26.8 Å². The van der Waals surface area contributed by atoms with Crippen molar-refractivity contribution >= 4 is 0 Å². The molecule has 0 saturated heterocycles. The van der Waals surface area contributed by atoms with Crippen molar-refractivity contribution in [1.82, 2.24) is 4.90 Å². The Balaban J connectivity index is 4.26. The second-order valence-electron chi connectivity index (χ2n) is 2.67. The SMILES string of the molecule is C=CN(C(=C)/C=C\C)C(C)C. The van der Waals surface area contributed by atoms with Gasteiger partial charge < -0.3 is 4.90 Å². The molecule has 0 spiro atoms.